The van der Waals surface area contributed by atoms with Crippen molar-refractivity contribution in [1.29, 1.82) is 0 Å². The number of fused-ring (bicyclic) bond motifs is 3. The molecule has 0 aliphatic carbocycles. The topological polar surface area (TPSA) is 30.9 Å². The van der Waals surface area contributed by atoms with E-state index in [4.69, 9.17) is 5.73 Å². The van der Waals surface area contributed by atoms with Crippen molar-refractivity contribution in [2.24, 2.45) is 5.73 Å². The number of aromatic nitrogens is 1. The number of rotatable bonds is 1. The van der Waals surface area contributed by atoms with Crippen LogP contribution < -0.4 is 5.73 Å². The Kier molecular flexibility index (Phi) is 2.03. The summed E-state index contributed by atoms with van der Waals surface area (Å²) in [6, 6.07) is 10.9. The molecule has 1 aromatic heterocycles. The first-order valence-corrected chi connectivity index (χ1v) is 5.68. The maximum absolute atomic E-state index is 5.83. The largest absolute Gasteiger partial charge is 0.344 e. The second-order valence-electron chi connectivity index (χ2n) is 4.35. The van der Waals surface area contributed by atoms with E-state index < -0.39 is 0 Å². The maximum atomic E-state index is 5.83. The Morgan fingerprint density at radius 3 is 3.07 bits per heavy atom. The van der Waals surface area contributed by atoms with Crippen LogP contribution in [0.15, 0.2) is 30.3 Å². The van der Waals surface area contributed by atoms with Gasteiger partial charge in [0.05, 0.1) is 0 Å². The quantitative estimate of drug-likeness (QED) is 0.753. The summed E-state index contributed by atoms with van der Waals surface area (Å²) in [4.78, 5) is 0. The fourth-order valence-corrected chi connectivity index (χ4v) is 2.70. The summed E-state index contributed by atoms with van der Waals surface area (Å²) in [5, 5.41) is 1.35. The number of aryl methyl sites for hydroxylation is 1. The molecule has 1 unspecified atom stereocenters. The van der Waals surface area contributed by atoms with Crippen LogP contribution in [0.5, 0.6) is 0 Å². The van der Waals surface area contributed by atoms with Gasteiger partial charge in [-0.15, -0.1) is 0 Å². The zero-order chi connectivity index (χ0) is 10.3. The van der Waals surface area contributed by atoms with Gasteiger partial charge in [0.15, 0.2) is 0 Å². The Morgan fingerprint density at radius 1 is 1.33 bits per heavy atom. The van der Waals surface area contributed by atoms with Crippen molar-refractivity contribution >= 4 is 10.9 Å². The van der Waals surface area contributed by atoms with Gasteiger partial charge in [0.25, 0.3) is 0 Å². The summed E-state index contributed by atoms with van der Waals surface area (Å²) in [6.45, 7) is 1.93. The van der Waals surface area contributed by atoms with Crippen molar-refractivity contribution in [1.82, 2.24) is 4.57 Å². The van der Waals surface area contributed by atoms with Crippen LogP contribution in [0.4, 0.5) is 0 Å². The molecule has 0 radical (unpaired) electrons. The zero-order valence-corrected chi connectivity index (χ0v) is 8.82. The van der Waals surface area contributed by atoms with Crippen LogP contribution in [0.25, 0.3) is 10.9 Å². The summed E-state index contributed by atoms with van der Waals surface area (Å²) in [6.07, 6.45) is 2.50. The fraction of sp³-hybridized carbons (Fsp3) is 0.385. The first kappa shape index (κ1) is 8.98. The third-order valence-corrected chi connectivity index (χ3v) is 3.48. The molecule has 15 heavy (non-hydrogen) atoms. The molecule has 0 saturated carbocycles. The smallest absolute Gasteiger partial charge is 0.0482 e. The van der Waals surface area contributed by atoms with Crippen LogP contribution in [0, 0.1) is 0 Å². The minimum Gasteiger partial charge on any atom is -0.344 e. The second-order valence-corrected chi connectivity index (χ2v) is 4.35. The molecular formula is C13H16N2. The van der Waals surface area contributed by atoms with E-state index in [0.717, 1.165) is 13.1 Å². The summed E-state index contributed by atoms with van der Waals surface area (Å²) >= 11 is 0. The summed E-state index contributed by atoms with van der Waals surface area (Å²) < 4.78 is 2.44. The molecule has 0 saturated heterocycles. The average molecular weight is 200 g/mol. The van der Waals surface area contributed by atoms with Crippen molar-refractivity contribution in [3.05, 3.63) is 36.0 Å². The fourth-order valence-electron chi connectivity index (χ4n) is 2.70. The highest BCUT2D eigenvalue weighted by Crippen LogP contribution is 2.32. The number of hydrogen-bond donors (Lipinski definition) is 1. The van der Waals surface area contributed by atoms with Crippen molar-refractivity contribution in [3.63, 3.8) is 0 Å². The monoisotopic (exact) mass is 200 g/mol. The molecule has 0 bridgehead atoms. The third kappa shape index (κ3) is 1.29. The van der Waals surface area contributed by atoms with E-state index in [2.05, 4.69) is 34.9 Å². The number of hydrogen-bond acceptors (Lipinski definition) is 1. The highest BCUT2D eigenvalue weighted by atomic mass is 15.0. The van der Waals surface area contributed by atoms with Gasteiger partial charge in [0.2, 0.25) is 0 Å². The van der Waals surface area contributed by atoms with Crippen LogP contribution in [0.3, 0.4) is 0 Å². The molecule has 3 rings (SSSR count). The van der Waals surface area contributed by atoms with Gasteiger partial charge in [-0.2, -0.15) is 0 Å². The first-order chi connectivity index (χ1) is 7.40. The van der Waals surface area contributed by atoms with Gasteiger partial charge in [0.1, 0.15) is 0 Å². The van der Waals surface area contributed by atoms with E-state index in [1.54, 1.807) is 0 Å². The Hall–Kier alpha value is -1.28. The van der Waals surface area contributed by atoms with Crippen molar-refractivity contribution in [2.45, 2.75) is 25.3 Å². The lowest BCUT2D eigenvalue weighted by Crippen LogP contribution is -2.21. The minimum absolute atomic E-state index is 0.561. The molecule has 2 heteroatoms. The first-order valence-electron chi connectivity index (χ1n) is 5.68. The maximum Gasteiger partial charge on any atom is 0.0482 e. The number of nitrogens with zero attached hydrogens (tertiary/aromatic N) is 1. The number of benzene rings is 1. The number of para-hydroxylation sites is 1. The summed E-state index contributed by atoms with van der Waals surface area (Å²) in [5.74, 6) is 0.561. The Bertz CT molecular complexity index is 484. The molecule has 0 spiro atoms. The molecule has 1 aromatic carbocycles. The highest BCUT2D eigenvalue weighted by Gasteiger charge is 2.20. The Labute approximate surface area is 89.7 Å². The van der Waals surface area contributed by atoms with E-state index in [9.17, 15) is 0 Å². The van der Waals surface area contributed by atoms with Gasteiger partial charge in [-0.3, -0.25) is 0 Å². The lowest BCUT2D eigenvalue weighted by Gasteiger charge is -2.24. The molecule has 2 N–H and O–H groups in total. The molecule has 78 valence electrons. The molecule has 1 atom stereocenters. The summed E-state index contributed by atoms with van der Waals surface area (Å²) in [5.41, 5.74) is 8.63. The van der Waals surface area contributed by atoms with Crippen LogP contribution in [-0.4, -0.2) is 11.1 Å². The predicted molar refractivity (Wildman–Crippen MR) is 63.0 cm³/mol. The molecular weight excluding hydrogens is 184 g/mol. The SMILES string of the molecule is NCC1CCCn2c1cc1ccccc12. The molecule has 1 aliphatic heterocycles. The second kappa shape index (κ2) is 3.38. The van der Waals surface area contributed by atoms with Gasteiger partial charge >= 0.3 is 0 Å². The predicted octanol–water partition coefficient (Wildman–Crippen LogP) is 2.48. The van der Waals surface area contributed by atoms with Crippen LogP contribution in [0.2, 0.25) is 0 Å². The number of nitrogens with two attached hydrogens (primary N) is 1. The van der Waals surface area contributed by atoms with E-state index in [1.807, 2.05) is 0 Å². The molecule has 0 amide bonds. The van der Waals surface area contributed by atoms with E-state index in [0.29, 0.717) is 5.92 Å². The zero-order valence-electron chi connectivity index (χ0n) is 8.82. The van der Waals surface area contributed by atoms with Gasteiger partial charge in [-0.1, -0.05) is 18.2 Å². The van der Waals surface area contributed by atoms with E-state index in [1.165, 1.54) is 29.4 Å². The Balaban J connectivity index is 2.24. The van der Waals surface area contributed by atoms with Gasteiger partial charge < -0.3 is 10.3 Å². The highest BCUT2D eigenvalue weighted by molar-refractivity contribution is 5.81. The van der Waals surface area contributed by atoms with Crippen LogP contribution in [0.1, 0.15) is 24.5 Å². The molecule has 1 aliphatic rings. The van der Waals surface area contributed by atoms with Gasteiger partial charge in [0, 0.05) is 30.2 Å². The summed E-state index contributed by atoms with van der Waals surface area (Å²) in [7, 11) is 0. The van der Waals surface area contributed by atoms with Crippen molar-refractivity contribution < 1.29 is 0 Å². The molecule has 2 heterocycles. The van der Waals surface area contributed by atoms with Gasteiger partial charge in [-0.05, 0) is 30.4 Å². The molecule has 2 aromatic rings. The van der Waals surface area contributed by atoms with E-state index in [-0.39, 0.29) is 0 Å². The van der Waals surface area contributed by atoms with Crippen LogP contribution in [-0.2, 0) is 6.54 Å². The average Bonchev–Trinajstić information content (AvgIpc) is 2.67. The normalized spacial score (nSPS) is 20.5. The Morgan fingerprint density at radius 2 is 2.20 bits per heavy atom. The molecule has 2 nitrogen and oxygen atoms in total. The standard InChI is InChI=1S/C13H16N2/c14-9-11-5-3-7-15-12-6-2-1-4-10(12)8-13(11)15/h1-2,4,6,8,11H,3,5,7,9,14H2. The van der Waals surface area contributed by atoms with E-state index >= 15 is 0 Å². The third-order valence-electron chi connectivity index (χ3n) is 3.48. The van der Waals surface area contributed by atoms with Crippen LogP contribution >= 0.6 is 0 Å². The lowest BCUT2D eigenvalue weighted by atomic mass is 9.96. The van der Waals surface area contributed by atoms with Gasteiger partial charge in [-0.25, -0.2) is 0 Å². The minimum atomic E-state index is 0.561. The lowest BCUT2D eigenvalue weighted by molar-refractivity contribution is 0.467. The van der Waals surface area contributed by atoms with Crippen molar-refractivity contribution in [3.8, 4) is 0 Å². The van der Waals surface area contributed by atoms with Crippen molar-refractivity contribution in [2.75, 3.05) is 6.54 Å². The molecule has 0 fully saturated rings.